The Balaban J connectivity index is 2.85. The molecular formula is C6H9B2NO. The molecule has 1 amide bonds. The van der Waals surface area contributed by atoms with Gasteiger partial charge in [0.1, 0.15) is 0 Å². The second kappa shape index (κ2) is 2.04. The average Bonchev–Trinajstić information content (AvgIpc) is 1.97. The van der Waals surface area contributed by atoms with Gasteiger partial charge in [0.2, 0.25) is 5.91 Å². The van der Waals surface area contributed by atoms with E-state index in [9.17, 15) is 4.79 Å². The van der Waals surface area contributed by atoms with E-state index in [4.69, 9.17) is 15.7 Å². The van der Waals surface area contributed by atoms with E-state index in [1.807, 2.05) is 6.92 Å². The molecule has 0 N–H and O–H groups in total. The summed E-state index contributed by atoms with van der Waals surface area (Å²) in [6.07, 6.45) is 0.462. The Kier molecular flexibility index (Phi) is 1.57. The predicted octanol–water partition coefficient (Wildman–Crippen LogP) is -0.525. The molecule has 2 nitrogen and oxygen atoms in total. The Bertz CT molecular complexity index is 169. The van der Waals surface area contributed by atoms with Gasteiger partial charge >= 0.3 is 0 Å². The molecular weight excluding hydrogens is 124 g/mol. The van der Waals surface area contributed by atoms with Crippen LogP contribution < -0.4 is 0 Å². The zero-order valence-corrected chi connectivity index (χ0v) is 6.29. The smallest absolute Gasteiger partial charge is 0.221 e. The van der Waals surface area contributed by atoms with E-state index in [1.54, 1.807) is 7.05 Å². The summed E-state index contributed by atoms with van der Waals surface area (Å²) in [6, 6.07) is 0. The molecule has 50 valence electrons. The summed E-state index contributed by atoms with van der Waals surface area (Å²) >= 11 is 0. The van der Waals surface area contributed by atoms with Crippen LogP contribution in [0.15, 0.2) is 0 Å². The van der Waals surface area contributed by atoms with Crippen molar-refractivity contribution in [2.75, 3.05) is 7.05 Å². The minimum Gasteiger partial charge on any atom is -0.357 e. The number of nitrogens with zero attached hydrogens (tertiary/aromatic N) is 1. The van der Waals surface area contributed by atoms with Crippen LogP contribution in [0.2, 0.25) is 0 Å². The highest BCUT2D eigenvalue weighted by atomic mass is 16.2. The van der Waals surface area contributed by atoms with Crippen molar-refractivity contribution in [2.24, 2.45) is 5.92 Å². The van der Waals surface area contributed by atoms with E-state index in [-0.39, 0.29) is 11.8 Å². The summed E-state index contributed by atoms with van der Waals surface area (Å²) in [5.74, 6) is 0.0718. The summed E-state index contributed by atoms with van der Waals surface area (Å²) in [7, 11) is 12.9. The van der Waals surface area contributed by atoms with Crippen LogP contribution in [0.3, 0.4) is 0 Å². The lowest BCUT2D eigenvalue weighted by molar-refractivity contribution is -0.127. The zero-order valence-electron chi connectivity index (χ0n) is 6.29. The van der Waals surface area contributed by atoms with Gasteiger partial charge in [0.25, 0.3) is 0 Å². The molecule has 1 rings (SSSR count). The summed E-state index contributed by atoms with van der Waals surface area (Å²) in [6.45, 7) is 1.88. The van der Waals surface area contributed by atoms with E-state index in [1.165, 1.54) is 4.90 Å². The zero-order chi connectivity index (χ0) is 7.94. The van der Waals surface area contributed by atoms with Crippen molar-refractivity contribution in [3.63, 3.8) is 0 Å². The quantitative estimate of drug-likeness (QED) is 0.407. The maximum Gasteiger partial charge on any atom is 0.221 e. The van der Waals surface area contributed by atoms with E-state index >= 15 is 0 Å². The maximum absolute atomic E-state index is 11.0. The van der Waals surface area contributed by atoms with Crippen molar-refractivity contribution in [3.05, 3.63) is 0 Å². The molecule has 0 bridgehead atoms. The van der Waals surface area contributed by atoms with Gasteiger partial charge in [-0.3, -0.25) is 4.79 Å². The molecule has 0 saturated carbocycles. The van der Waals surface area contributed by atoms with Gasteiger partial charge in [-0.15, -0.1) is 0 Å². The fraction of sp³-hybridized carbons (Fsp3) is 0.833. The molecule has 1 fully saturated rings. The third-order valence-corrected chi connectivity index (χ3v) is 2.23. The second-order valence-electron chi connectivity index (χ2n) is 2.95. The first-order chi connectivity index (χ1) is 4.46. The van der Waals surface area contributed by atoms with Crippen molar-refractivity contribution >= 4 is 21.6 Å². The number of amides is 1. The first-order valence-corrected chi connectivity index (χ1v) is 3.30. The SMILES string of the molecule is [B]C1([B])C(C)CC(=O)N1C. The third-order valence-electron chi connectivity index (χ3n) is 2.23. The number of rotatable bonds is 0. The first-order valence-electron chi connectivity index (χ1n) is 3.30. The van der Waals surface area contributed by atoms with E-state index in [0.717, 1.165) is 0 Å². The van der Waals surface area contributed by atoms with Crippen molar-refractivity contribution < 1.29 is 4.79 Å². The summed E-state index contributed by atoms with van der Waals surface area (Å²) in [5.41, 5.74) is 0. The molecule has 4 radical (unpaired) electrons. The van der Waals surface area contributed by atoms with Crippen LogP contribution in [0.5, 0.6) is 0 Å². The number of carbonyl (C=O) groups excluding carboxylic acids is 1. The molecule has 1 heterocycles. The molecule has 4 heteroatoms. The molecule has 1 saturated heterocycles. The standard InChI is InChI=1S/C6H9B2NO/c1-4-3-5(10)9(2)6(4,7)8/h4H,3H2,1-2H3. The van der Waals surface area contributed by atoms with Crippen LogP contribution >= 0.6 is 0 Å². The molecule has 0 spiro atoms. The number of carbonyl (C=O) groups is 1. The molecule has 0 aliphatic carbocycles. The van der Waals surface area contributed by atoms with E-state index < -0.39 is 5.34 Å². The Morgan fingerprint density at radius 2 is 2.20 bits per heavy atom. The Labute approximate surface area is 63.8 Å². The van der Waals surface area contributed by atoms with Gasteiger partial charge in [-0.2, -0.15) is 0 Å². The van der Waals surface area contributed by atoms with E-state index in [0.29, 0.717) is 6.42 Å². The highest BCUT2D eigenvalue weighted by Gasteiger charge is 2.39. The topological polar surface area (TPSA) is 20.3 Å². The van der Waals surface area contributed by atoms with Gasteiger partial charge < -0.3 is 4.90 Å². The van der Waals surface area contributed by atoms with Gasteiger partial charge in [-0.05, 0) is 11.3 Å². The summed E-state index contributed by atoms with van der Waals surface area (Å²) < 4.78 is 0. The molecule has 1 aliphatic rings. The molecule has 0 aromatic carbocycles. The fourth-order valence-corrected chi connectivity index (χ4v) is 1.11. The van der Waals surface area contributed by atoms with Crippen molar-refractivity contribution in [3.8, 4) is 0 Å². The fourth-order valence-electron chi connectivity index (χ4n) is 1.11. The van der Waals surface area contributed by atoms with Crippen LogP contribution in [0.1, 0.15) is 13.3 Å². The molecule has 0 aromatic rings. The Morgan fingerprint density at radius 1 is 1.70 bits per heavy atom. The lowest BCUT2D eigenvalue weighted by Gasteiger charge is -2.32. The number of hydrogen-bond acceptors (Lipinski definition) is 1. The van der Waals surface area contributed by atoms with Crippen molar-refractivity contribution in [2.45, 2.75) is 18.7 Å². The Hall–Kier alpha value is -0.400. The van der Waals surface area contributed by atoms with Gasteiger partial charge in [0, 0.05) is 13.5 Å². The molecule has 1 atom stereocenters. The van der Waals surface area contributed by atoms with Gasteiger partial charge in [-0.1, -0.05) is 6.92 Å². The van der Waals surface area contributed by atoms with Crippen LogP contribution in [-0.2, 0) is 4.79 Å². The summed E-state index contributed by atoms with van der Waals surface area (Å²) in [5, 5.41) is -0.933. The highest BCUT2D eigenvalue weighted by Crippen LogP contribution is 2.28. The number of likely N-dealkylation sites (tertiary alicyclic amines) is 1. The van der Waals surface area contributed by atoms with Gasteiger partial charge in [-0.25, -0.2) is 0 Å². The van der Waals surface area contributed by atoms with E-state index in [2.05, 4.69) is 0 Å². The minimum absolute atomic E-state index is 0.0255. The highest BCUT2D eigenvalue weighted by molar-refractivity contribution is 6.41. The Morgan fingerprint density at radius 3 is 2.30 bits per heavy atom. The summed E-state index contributed by atoms with van der Waals surface area (Å²) in [4.78, 5) is 12.4. The average molecular weight is 133 g/mol. The maximum atomic E-state index is 11.0. The molecule has 10 heavy (non-hydrogen) atoms. The predicted molar refractivity (Wildman–Crippen MR) is 40.8 cm³/mol. The van der Waals surface area contributed by atoms with Gasteiger partial charge in [0.05, 0.1) is 15.7 Å². The second-order valence-corrected chi connectivity index (χ2v) is 2.95. The monoisotopic (exact) mass is 133 g/mol. The van der Waals surface area contributed by atoms with Crippen LogP contribution in [0.25, 0.3) is 0 Å². The van der Waals surface area contributed by atoms with Crippen LogP contribution in [0, 0.1) is 5.92 Å². The first kappa shape index (κ1) is 7.70. The van der Waals surface area contributed by atoms with Crippen LogP contribution in [-0.4, -0.2) is 38.9 Å². The third kappa shape index (κ3) is 0.862. The normalized spacial score (nSPS) is 31.2. The van der Waals surface area contributed by atoms with Crippen molar-refractivity contribution in [1.29, 1.82) is 0 Å². The van der Waals surface area contributed by atoms with Crippen LogP contribution in [0.4, 0.5) is 0 Å². The minimum atomic E-state index is -0.933. The molecule has 1 unspecified atom stereocenters. The number of hydrogen-bond donors (Lipinski definition) is 0. The molecule has 0 aromatic heterocycles. The lowest BCUT2D eigenvalue weighted by Crippen LogP contribution is -2.47. The molecule has 1 aliphatic heterocycles. The van der Waals surface area contributed by atoms with Gasteiger partial charge in [0.15, 0.2) is 0 Å². The largest absolute Gasteiger partial charge is 0.357 e. The van der Waals surface area contributed by atoms with Crippen molar-refractivity contribution in [1.82, 2.24) is 4.90 Å². The lowest BCUT2D eigenvalue weighted by atomic mass is 9.56.